The highest BCUT2D eigenvalue weighted by molar-refractivity contribution is 5.93. The zero-order valence-corrected chi connectivity index (χ0v) is 21.6. The molecule has 202 valence electrons. The Morgan fingerprint density at radius 3 is 2.43 bits per heavy atom. The van der Waals surface area contributed by atoms with Crippen LogP contribution in [0.15, 0.2) is 23.4 Å². The number of halogens is 5. The molecule has 3 fully saturated rings. The molecule has 4 aliphatic rings. The molecule has 0 bridgehead atoms. The molecule has 4 nitrogen and oxygen atoms in total. The molecule has 37 heavy (non-hydrogen) atoms. The summed E-state index contributed by atoms with van der Waals surface area (Å²) in [5.74, 6) is -2.70. The number of hydrogen-bond donors (Lipinski definition) is 1. The van der Waals surface area contributed by atoms with E-state index < -0.39 is 40.9 Å². The van der Waals surface area contributed by atoms with Gasteiger partial charge in [-0.2, -0.15) is 13.2 Å². The second-order valence-electron chi connectivity index (χ2n) is 12.1. The van der Waals surface area contributed by atoms with Gasteiger partial charge < -0.3 is 10.2 Å². The van der Waals surface area contributed by atoms with Gasteiger partial charge in [-0.3, -0.25) is 9.59 Å². The maximum absolute atomic E-state index is 14.4. The maximum atomic E-state index is 14.4. The molecule has 1 heterocycles. The number of benzene rings is 1. The molecule has 2 saturated carbocycles. The third-order valence-electron chi connectivity index (χ3n) is 10.2. The molecule has 1 aliphatic heterocycles. The lowest BCUT2D eigenvalue weighted by atomic mass is 9.48. The van der Waals surface area contributed by atoms with Crippen molar-refractivity contribution in [3.05, 3.63) is 40.6 Å². The first-order chi connectivity index (χ1) is 17.2. The number of alkyl halides is 3. The van der Waals surface area contributed by atoms with Crippen LogP contribution in [0.4, 0.5) is 27.6 Å². The maximum Gasteiger partial charge on any atom is 0.419 e. The zero-order valence-electron chi connectivity index (χ0n) is 21.6. The largest absolute Gasteiger partial charge is 0.419 e. The van der Waals surface area contributed by atoms with E-state index in [4.69, 9.17) is 0 Å². The van der Waals surface area contributed by atoms with Crippen molar-refractivity contribution < 1.29 is 31.5 Å². The molecular formula is C28H33F5N2O2. The highest BCUT2D eigenvalue weighted by atomic mass is 19.4. The van der Waals surface area contributed by atoms with E-state index >= 15 is 0 Å². The predicted octanol–water partition coefficient (Wildman–Crippen LogP) is 6.92. The van der Waals surface area contributed by atoms with Gasteiger partial charge >= 0.3 is 6.18 Å². The van der Waals surface area contributed by atoms with Gasteiger partial charge in [-0.05, 0) is 74.7 Å². The van der Waals surface area contributed by atoms with Crippen molar-refractivity contribution >= 4 is 17.5 Å². The molecule has 1 aromatic rings. The number of fused-ring (bicyclic) bond motifs is 5. The Bertz CT molecular complexity index is 1190. The summed E-state index contributed by atoms with van der Waals surface area (Å²) in [6.07, 6.45) is 0.285. The molecular weight excluding hydrogens is 491 g/mol. The zero-order chi connectivity index (χ0) is 27.1. The average molecular weight is 525 g/mol. The second-order valence-corrected chi connectivity index (χ2v) is 12.1. The van der Waals surface area contributed by atoms with E-state index in [2.05, 4.69) is 26.1 Å². The minimum atomic E-state index is -5.03. The normalized spacial score (nSPS) is 35.7. The van der Waals surface area contributed by atoms with Crippen molar-refractivity contribution in [1.29, 1.82) is 0 Å². The first-order valence-electron chi connectivity index (χ1n) is 13.0. The van der Waals surface area contributed by atoms with Gasteiger partial charge in [0.15, 0.2) is 0 Å². The monoisotopic (exact) mass is 524 g/mol. The van der Waals surface area contributed by atoms with Crippen LogP contribution < -0.4 is 5.32 Å². The van der Waals surface area contributed by atoms with E-state index in [0.29, 0.717) is 30.7 Å². The smallest absolute Gasteiger partial charge is 0.323 e. The van der Waals surface area contributed by atoms with Gasteiger partial charge in [0.1, 0.15) is 11.6 Å². The van der Waals surface area contributed by atoms with Crippen molar-refractivity contribution in [1.82, 2.24) is 4.90 Å². The number of piperidine rings is 1. The van der Waals surface area contributed by atoms with Gasteiger partial charge in [-0.1, -0.05) is 19.4 Å². The molecule has 2 amide bonds. The van der Waals surface area contributed by atoms with Crippen LogP contribution in [0.25, 0.3) is 0 Å². The molecule has 5 rings (SSSR count). The molecule has 6 atom stereocenters. The van der Waals surface area contributed by atoms with Crippen molar-refractivity contribution in [2.24, 2.45) is 34.5 Å². The lowest BCUT2D eigenvalue weighted by Crippen LogP contribution is -2.54. The predicted molar refractivity (Wildman–Crippen MR) is 128 cm³/mol. The molecule has 9 heteroatoms. The highest BCUT2D eigenvalue weighted by Gasteiger charge is 2.61. The fraction of sp³-hybridized carbons (Fsp3) is 0.643. The average Bonchev–Trinajstić information content (AvgIpc) is 3.15. The molecule has 3 aliphatic carbocycles. The van der Waals surface area contributed by atoms with E-state index in [-0.39, 0.29) is 28.7 Å². The summed E-state index contributed by atoms with van der Waals surface area (Å²) in [5.41, 5.74) is -0.341. The van der Waals surface area contributed by atoms with E-state index in [9.17, 15) is 31.5 Å². The fourth-order valence-electron chi connectivity index (χ4n) is 8.62. The van der Waals surface area contributed by atoms with E-state index in [1.165, 1.54) is 5.57 Å². The first-order valence-corrected chi connectivity index (χ1v) is 13.0. The molecule has 1 N–H and O–H groups in total. The Labute approximate surface area is 213 Å². The summed E-state index contributed by atoms with van der Waals surface area (Å²) in [6.45, 7) is 6.48. The number of nitrogens with zero attached hydrogens (tertiary/aromatic N) is 1. The van der Waals surface area contributed by atoms with Gasteiger partial charge in [0.05, 0.1) is 11.3 Å². The molecule has 1 saturated heterocycles. The Balaban J connectivity index is 1.39. The van der Waals surface area contributed by atoms with E-state index in [0.717, 1.165) is 37.8 Å². The number of carbonyl (C=O) groups excluding carboxylic acids is 2. The quantitative estimate of drug-likeness (QED) is 0.427. The van der Waals surface area contributed by atoms with Crippen molar-refractivity contribution in [3.8, 4) is 0 Å². The molecule has 0 spiro atoms. The molecule has 0 radical (unpaired) electrons. The lowest BCUT2D eigenvalue weighted by molar-refractivity contribution is -0.140. The summed E-state index contributed by atoms with van der Waals surface area (Å²) in [4.78, 5) is 27.6. The van der Waals surface area contributed by atoms with Crippen LogP contribution in [-0.2, 0) is 15.8 Å². The molecule has 0 aromatic heterocycles. The number of rotatable bonds is 2. The van der Waals surface area contributed by atoms with Crippen LogP contribution >= 0.6 is 0 Å². The number of anilines is 1. The van der Waals surface area contributed by atoms with Gasteiger partial charge in [-0.15, -0.1) is 0 Å². The van der Waals surface area contributed by atoms with Gasteiger partial charge in [0.25, 0.3) is 0 Å². The van der Waals surface area contributed by atoms with Gasteiger partial charge in [0.2, 0.25) is 11.8 Å². The topological polar surface area (TPSA) is 49.4 Å². The summed E-state index contributed by atoms with van der Waals surface area (Å²) in [7, 11) is 1.87. The number of nitrogens with one attached hydrogen (secondary N) is 1. The summed E-state index contributed by atoms with van der Waals surface area (Å²) >= 11 is 0. The Kier molecular flexibility index (Phi) is 6.03. The number of carbonyl (C=O) groups is 2. The Hall–Kier alpha value is -2.45. The van der Waals surface area contributed by atoms with Crippen molar-refractivity contribution in [2.75, 3.05) is 12.4 Å². The molecule has 1 unspecified atom stereocenters. The van der Waals surface area contributed by atoms with Crippen LogP contribution in [-0.4, -0.2) is 23.8 Å². The van der Waals surface area contributed by atoms with Gasteiger partial charge in [0, 0.05) is 36.6 Å². The third kappa shape index (κ3) is 3.90. The minimum absolute atomic E-state index is 0.0939. The second kappa shape index (κ2) is 8.53. The number of likely N-dealkylation sites (tertiary alicyclic amines) is 1. The summed E-state index contributed by atoms with van der Waals surface area (Å²) in [5, 5.41) is 2.40. The van der Waals surface area contributed by atoms with E-state index in [1.807, 2.05) is 11.9 Å². The number of amides is 2. The summed E-state index contributed by atoms with van der Waals surface area (Å²) < 4.78 is 67.3. The summed E-state index contributed by atoms with van der Waals surface area (Å²) in [6, 6.07) is 0.511. The van der Waals surface area contributed by atoms with Crippen LogP contribution in [0.3, 0.4) is 0 Å². The highest BCUT2D eigenvalue weighted by Crippen LogP contribution is 2.67. The van der Waals surface area contributed by atoms with Crippen LogP contribution in [0.5, 0.6) is 0 Å². The van der Waals surface area contributed by atoms with Crippen molar-refractivity contribution in [2.45, 2.75) is 71.9 Å². The van der Waals surface area contributed by atoms with Crippen molar-refractivity contribution in [3.63, 3.8) is 0 Å². The number of allylic oxidation sites excluding steroid dienone is 2. The minimum Gasteiger partial charge on any atom is -0.323 e. The Morgan fingerprint density at radius 2 is 1.76 bits per heavy atom. The third-order valence-corrected chi connectivity index (χ3v) is 10.2. The van der Waals surface area contributed by atoms with Crippen LogP contribution in [0.1, 0.15) is 71.3 Å². The number of hydrogen-bond acceptors (Lipinski definition) is 2. The lowest BCUT2D eigenvalue weighted by Gasteiger charge is -2.59. The van der Waals surface area contributed by atoms with E-state index in [1.54, 1.807) is 0 Å². The fourth-order valence-corrected chi connectivity index (χ4v) is 8.62. The first kappa shape index (κ1) is 26.2. The molecule has 1 aromatic carbocycles. The van der Waals surface area contributed by atoms with Gasteiger partial charge in [-0.25, -0.2) is 8.78 Å². The van der Waals surface area contributed by atoms with Crippen LogP contribution in [0.2, 0.25) is 0 Å². The van der Waals surface area contributed by atoms with Crippen LogP contribution in [0, 0.1) is 46.1 Å². The SMILES string of the molecule is CC1=C2N(C)C(=O)CC[C@]2(C)[C@@H]2CC[C@]3(C)C(C(=O)Nc4cc(F)c(C(F)(F)F)cc4F)CC[C@H]3[C@@H]2C1. The standard InChI is InChI=1S/C28H33F5N2O2/c1-14-11-15-16-5-6-18(25(37)34-22-13-20(29)19(12-21(22)30)28(31,32)33)26(16,2)9-7-17(15)27(3)10-8-23(36)35(4)24(14)27/h12-13,15-18H,5-11H2,1-4H3,(H,34,37)/t15-,16-,17+,18?,26-,27+/m0/s1. The Morgan fingerprint density at radius 1 is 1.05 bits per heavy atom.